The van der Waals surface area contributed by atoms with Gasteiger partial charge in [0.15, 0.2) is 0 Å². The Morgan fingerprint density at radius 2 is 1.86 bits per heavy atom. The van der Waals surface area contributed by atoms with E-state index in [1.165, 1.54) is 0 Å². The highest BCUT2D eigenvalue weighted by molar-refractivity contribution is 5.85. The molecule has 3 nitrogen and oxygen atoms in total. The average molecular weight is 197 g/mol. The van der Waals surface area contributed by atoms with Crippen LogP contribution in [0.1, 0.15) is 45.4 Å². The Bertz CT molecular complexity index is 227. The second-order valence-corrected chi connectivity index (χ2v) is 5.04. The third-order valence-electron chi connectivity index (χ3n) is 3.58. The Balaban J connectivity index is 1.78. The molecule has 0 radical (unpaired) electrons. The van der Waals surface area contributed by atoms with Gasteiger partial charge in [0.25, 0.3) is 0 Å². The summed E-state index contributed by atoms with van der Waals surface area (Å²) in [6.45, 7) is 2.03. The Hall–Kier alpha value is -0.570. The quantitative estimate of drug-likeness (QED) is 0.699. The number of nitrogens with one attached hydrogen (secondary N) is 1. The van der Waals surface area contributed by atoms with E-state index < -0.39 is 0 Å². The smallest absolute Gasteiger partial charge is 0.226 e. The second kappa shape index (κ2) is 3.54. The lowest BCUT2D eigenvalue weighted by Crippen LogP contribution is -2.41. The van der Waals surface area contributed by atoms with Gasteiger partial charge in [-0.25, -0.2) is 0 Å². The van der Waals surface area contributed by atoms with Crippen molar-refractivity contribution >= 4 is 5.91 Å². The molecule has 0 spiro atoms. The molecule has 0 bridgehead atoms. The molecule has 0 aromatic carbocycles. The van der Waals surface area contributed by atoms with Crippen LogP contribution in [0, 0.1) is 5.41 Å². The minimum absolute atomic E-state index is 0.0595. The zero-order valence-electron chi connectivity index (χ0n) is 8.75. The molecule has 0 aliphatic heterocycles. The van der Waals surface area contributed by atoms with Crippen LogP contribution in [-0.4, -0.2) is 23.2 Å². The Kier molecular flexibility index (Phi) is 2.52. The summed E-state index contributed by atoms with van der Waals surface area (Å²) in [7, 11) is 0. The van der Waals surface area contributed by atoms with Gasteiger partial charge in [-0.05, 0) is 38.5 Å². The Labute approximate surface area is 84.9 Å². The Morgan fingerprint density at radius 1 is 1.29 bits per heavy atom. The van der Waals surface area contributed by atoms with Gasteiger partial charge in [0.1, 0.15) is 0 Å². The topological polar surface area (TPSA) is 49.3 Å². The van der Waals surface area contributed by atoms with Gasteiger partial charge >= 0.3 is 0 Å². The molecular formula is C11H19NO2. The summed E-state index contributed by atoms with van der Waals surface area (Å²) in [4.78, 5) is 11.7. The zero-order valence-corrected chi connectivity index (χ0v) is 8.75. The van der Waals surface area contributed by atoms with Gasteiger partial charge in [-0.1, -0.05) is 6.92 Å². The molecule has 1 amide bonds. The van der Waals surface area contributed by atoms with Crippen molar-refractivity contribution in [1.29, 1.82) is 0 Å². The fourth-order valence-electron chi connectivity index (χ4n) is 1.99. The summed E-state index contributed by atoms with van der Waals surface area (Å²) in [5.74, 6) is 0.221. The third kappa shape index (κ3) is 2.08. The lowest BCUT2D eigenvalue weighted by atomic mass is 9.92. The van der Waals surface area contributed by atoms with Crippen LogP contribution < -0.4 is 5.32 Å². The standard InChI is InChI=1S/C11H19NO2/c1-11(6-7-11)10(14)12-8-2-4-9(13)5-3-8/h8-9,13H,2-7H2,1H3,(H,12,14). The molecule has 2 N–H and O–H groups in total. The first-order chi connectivity index (χ1) is 6.60. The highest BCUT2D eigenvalue weighted by Gasteiger charge is 2.45. The van der Waals surface area contributed by atoms with Gasteiger partial charge < -0.3 is 10.4 Å². The average Bonchev–Trinajstić information content (AvgIpc) is 2.89. The van der Waals surface area contributed by atoms with Crippen LogP contribution in [0.3, 0.4) is 0 Å². The number of aliphatic hydroxyl groups is 1. The van der Waals surface area contributed by atoms with Crippen LogP contribution >= 0.6 is 0 Å². The van der Waals surface area contributed by atoms with Crippen molar-refractivity contribution in [1.82, 2.24) is 5.32 Å². The van der Waals surface area contributed by atoms with Gasteiger partial charge in [0.2, 0.25) is 5.91 Å². The van der Waals surface area contributed by atoms with E-state index in [1.54, 1.807) is 0 Å². The summed E-state index contributed by atoms with van der Waals surface area (Å²) >= 11 is 0. The largest absolute Gasteiger partial charge is 0.393 e. The second-order valence-electron chi connectivity index (χ2n) is 5.04. The Morgan fingerprint density at radius 3 is 2.36 bits per heavy atom. The number of hydrogen-bond acceptors (Lipinski definition) is 2. The van der Waals surface area contributed by atoms with Crippen LogP contribution in [0.5, 0.6) is 0 Å². The van der Waals surface area contributed by atoms with E-state index in [2.05, 4.69) is 5.32 Å². The van der Waals surface area contributed by atoms with Crippen molar-refractivity contribution in [2.75, 3.05) is 0 Å². The summed E-state index contributed by atoms with van der Waals surface area (Å²) in [6.07, 6.45) is 5.47. The summed E-state index contributed by atoms with van der Waals surface area (Å²) in [6, 6.07) is 0.309. The number of aliphatic hydroxyl groups excluding tert-OH is 1. The highest BCUT2D eigenvalue weighted by atomic mass is 16.3. The van der Waals surface area contributed by atoms with Crippen LogP contribution in [0.25, 0.3) is 0 Å². The molecule has 0 aromatic heterocycles. The van der Waals surface area contributed by atoms with Crippen molar-refractivity contribution in [3.63, 3.8) is 0 Å². The molecule has 2 fully saturated rings. The number of carbonyl (C=O) groups is 1. The van der Waals surface area contributed by atoms with Gasteiger partial charge in [0, 0.05) is 11.5 Å². The van der Waals surface area contributed by atoms with Crippen molar-refractivity contribution in [2.24, 2.45) is 5.41 Å². The molecule has 14 heavy (non-hydrogen) atoms. The van der Waals surface area contributed by atoms with Crippen LogP contribution in [0.4, 0.5) is 0 Å². The fraction of sp³-hybridized carbons (Fsp3) is 0.909. The monoisotopic (exact) mass is 197 g/mol. The van der Waals surface area contributed by atoms with E-state index >= 15 is 0 Å². The predicted octanol–water partition coefficient (Wildman–Crippen LogP) is 1.21. The molecule has 0 atom stereocenters. The van der Waals surface area contributed by atoms with Crippen molar-refractivity contribution in [2.45, 2.75) is 57.6 Å². The molecule has 0 aromatic rings. The van der Waals surface area contributed by atoms with Gasteiger partial charge in [-0.3, -0.25) is 4.79 Å². The maximum Gasteiger partial charge on any atom is 0.226 e. The summed E-state index contributed by atoms with van der Waals surface area (Å²) < 4.78 is 0. The first-order valence-electron chi connectivity index (χ1n) is 5.59. The molecule has 2 aliphatic carbocycles. The van der Waals surface area contributed by atoms with Crippen LogP contribution in [0.15, 0.2) is 0 Å². The minimum Gasteiger partial charge on any atom is -0.393 e. The number of hydrogen-bond donors (Lipinski definition) is 2. The fourth-order valence-corrected chi connectivity index (χ4v) is 1.99. The molecule has 0 saturated heterocycles. The molecule has 80 valence electrons. The van der Waals surface area contributed by atoms with E-state index in [4.69, 9.17) is 0 Å². The van der Waals surface area contributed by atoms with Gasteiger partial charge in [-0.15, -0.1) is 0 Å². The van der Waals surface area contributed by atoms with E-state index in [-0.39, 0.29) is 17.4 Å². The lowest BCUT2D eigenvalue weighted by molar-refractivity contribution is -0.126. The van der Waals surface area contributed by atoms with E-state index in [0.29, 0.717) is 6.04 Å². The third-order valence-corrected chi connectivity index (χ3v) is 3.58. The van der Waals surface area contributed by atoms with Crippen molar-refractivity contribution < 1.29 is 9.90 Å². The predicted molar refractivity (Wildman–Crippen MR) is 53.7 cm³/mol. The highest BCUT2D eigenvalue weighted by Crippen LogP contribution is 2.45. The first kappa shape index (κ1) is 9.97. The van der Waals surface area contributed by atoms with E-state index in [0.717, 1.165) is 38.5 Å². The first-order valence-corrected chi connectivity index (χ1v) is 5.59. The minimum atomic E-state index is -0.139. The molecule has 3 heteroatoms. The van der Waals surface area contributed by atoms with Crippen LogP contribution in [-0.2, 0) is 4.79 Å². The van der Waals surface area contributed by atoms with Crippen molar-refractivity contribution in [3.8, 4) is 0 Å². The van der Waals surface area contributed by atoms with E-state index in [1.807, 2.05) is 6.92 Å². The molecule has 0 unspecified atom stereocenters. The molecule has 2 aliphatic rings. The molecular weight excluding hydrogens is 178 g/mol. The maximum atomic E-state index is 11.7. The summed E-state index contributed by atoms with van der Waals surface area (Å²) in [5, 5.41) is 12.4. The molecule has 2 saturated carbocycles. The molecule has 0 heterocycles. The maximum absolute atomic E-state index is 11.7. The number of amides is 1. The van der Waals surface area contributed by atoms with Crippen molar-refractivity contribution in [3.05, 3.63) is 0 Å². The van der Waals surface area contributed by atoms with Crippen LogP contribution in [0.2, 0.25) is 0 Å². The zero-order chi connectivity index (χ0) is 10.2. The normalized spacial score (nSPS) is 35.0. The van der Waals surface area contributed by atoms with Gasteiger partial charge in [-0.2, -0.15) is 0 Å². The SMILES string of the molecule is CC1(C(=O)NC2CCC(O)CC2)CC1. The molecule has 2 rings (SSSR count). The number of carbonyl (C=O) groups excluding carboxylic acids is 1. The lowest BCUT2D eigenvalue weighted by Gasteiger charge is -2.27. The summed E-state index contributed by atoms with van der Waals surface area (Å²) in [5.41, 5.74) is -0.0595. The van der Waals surface area contributed by atoms with E-state index in [9.17, 15) is 9.90 Å². The number of rotatable bonds is 2. The van der Waals surface area contributed by atoms with Gasteiger partial charge in [0.05, 0.1) is 6.10 Å².